The standard InChI is InChI=1S/C10H21NO/c1-2-3-8-12-10-6-4-9(11)5-7-10/h9-10H,2-8,11H2,1H3. The molecule has 0 spiro atoms. The van der Waals surface area contributed by atoms with E-state index >= 15 is 0 Å². The highest BCUT2D eigenvalue weighted by atomic mass is 16.5. The Balaban J connectivity index is 2.01. The Bertz CT molecular complexity index is 108. The van der Waals surface area contributed by atoms with Gasteiger partial charge in [-0.15, -0.1) is 0 Å². The fourth-order valence-corrected chi connectivity index (χ4v) is 1.65. The van der Waals surface area contributed by atoms with Crippen LogP contribution in [0.2, 0.25) is 0 Å². The van der Waals surface area contributed by atoms with Crippen molar-refractivity contribution in [2.45, 2.75) is 57.6 Å². The van der Waals surface area contributed by atoms with E-state index in [4.69, 9.17) is 10.5 Å². The van der Waals surface area contributed by atoms with Crippen LogP contribution in [0.3, 0.4) is 0 Å². The topological polar surface area (TPSA) is 35.2 Å². The highest BCUT2D eigenvalue weighted by Crippen LogP contribution is 2.19. The Hall–Kier alpha value is -0.0800. The van der Waals surface area contributed by atoms with Gasteiger partial charge >= 0.3 is 0 Å². The van der Waals surface area contributed by atoms with Crippen LogP contribution in [0.4, 0.5) is 0 Å². The Morgan fingerprint density at radius 2 is 1.92 bits per heavy atom. The van der Waals surface area contributed by atoms with Gasteiger partial charge in [0.25, 0.3) is 0 Å². The first kappa shape index (κ1) is 10.0. The molecule has 2 N–H and O–H groups in total. The highest BCUT2D eigenvalue weighted by Gasteiger charge is 2.18. The third-order valence-corrected chi connectivity index (χ3v) is 2.57. The van der Waals surface area contributed by atoms with Gasteiger partial charge in [0, 0.05) is 12.6 Å². The van der Waals surface area contributed by atoms with Gasteiger partial charge in [-0.3, -0.25) is 0 Å². The molecular formula is C10H21NO. The molecular weight excluding hydrogens is 150 g/mol. The number of nitrogens with two attached hydrogens (primary N) is 1. The van der Waals surface area contributed by atoms with E-state index in [0.717, 1.165) is 19.4 Å². The van der Waals surface area contributed by atoms with E-state index in [0.29, 0.717) is 12.1 Å². The second kappa shape index (κ2) is 5.55. The van der Waals surface area contributed by atoms with Crippen molar-refractivity contribution in [2.75, 3.05) is 6.61 Å². The number of hydrogen-bond acceptors (Lipinski definition) is 2. The summed E-state index contributed by atoms with van der Waals surface area (Å²) in [6.07, 6.45) is 7.58. The van der Waals surface area contributed by atoms with Crippen molar-refractivity contribution in [3.8, 4) is 0 Å². The largest absolute Gasteiger partial charge is 0.378 e. The van der Waals surface area contributed by atoms with Crippen LogP contribution >= 0.6 is 0 Å². The van der Waals surface area contributed by atoms with Gasteiger partial charge in [0.2, 0.25) is 0 Å². The smallest absolute Gasteiger partial charge is 0.0576 e. The molecule has 1 rings (SSSR count). The number of ether oxygens (including phenoxy) is 1. The van der Waals surface area contributed by atoms with E-state index in [1.54, 1.807) is 0 Å². The van der Waals surface area contributed by atoms with Gasteiger partial charge in [0.05, 0.1) is 6.10 Å². The van der Waals surface area contributed by atoms with Gasteiger partial charge < -0.3 is 10.5 Å². The van der Waals surface area contributed by atoms with Gasteiger partial charge in [0.1, 0.15) is 0 Å². The molecule has 0 aliphatic heterocycles. The summed E-state index contributed by atoms with van der Waals surface area (Å²) >= 11 is 0. The van der Waals surface area contributed by atoms with Crippen LogP contribution in [-0.4, -0.2) is 18.8 Å². The van der Waals surface area contributed by atoms with Crippen LogP contribution < -0.4 is 5.73 Å². The van der Waals surface area contributed by atoms with Crippen LogP contribution in [0.1, 0.15) is 45.4 Å². The number of rotatable bonds is 4. The van der Waals surface area contributed by atoms with E-state index in [9.17, 15) is 0 Å². The lowest BCUT2D eigenvalue weighted by Crippen LogP contribution is -2.30. The Morgan fingerprint density at radius 3 is 2.50 bits per heavy atom. The predicted molar refractivity (Wildman–Crippen MR) is 51.1 cm³/mol. The van der Waals surface area contributed by atoms with Crippen LogP contribution in [0.5, 0.6) is 0 Å². The van der Waals surface area contributed by atoms with Crippen molar-refractivity contribution >= 4 is 0 Å². The van der Waals surface area contributed by atoms with E-state index in [2.05, 4.69) is 6.92 Å². The molecule has 1 fully saturated rings. The molecule has 0 amide bonds. The van der Waals surface area contributed by atoms with E-state index in [-0.39, 0.29) is 0 Å². The highest BCUT2D eigenvalue weighted by molar-refractivity contribution is 4.74. The summed E-state index contributed by atoms with van der Waals surface area (Å²) in [4.78, 5) is 0. The van der Waals surface area contributed by atoms with Crippen LogP contribution in [-0.2, 0) is 4.74 Å². The molecule has 1 aliphatic carbocycles. The summed E-state index contributed by atoms with van der Waals surface area (Å²) in [6.45, 7) is 3.14. The fraction of sp³-hybridized carbons (Fsp3) is 1.00. The SMILES string of the molecule is CCCCOC1CCC(N)CC1. The second-order valence-corrected chi connectivity index (χ2v) is 3.76. The van der Waals surface area contributed by atoms with Crippen molar-refractivity contribution in [3.63, 3.8) is 0 Å². The van der Waals surface area contributed by atoms with Gasteiger partial charge in [0.15, 0.2) is 0 Å². The Labute approximate surface area is 75.5 Å². The Morgan fingerprint density at radius 1 is 1.25 bits per heavy atom. The van der Waals surface area contributed by atoms with Gasteiger partial charge in [-0.1, -0.05) is 13.3 Å². The summed E-state index contributed by atoms with van der Waals surface area (Å²) < 4.78 is 5.72. The predicted octanol–water partition coefficient (Wildman–Crippen LogP) is 2.07. The quantitative estimate of drug-likeness (QED) is 0.657. The molecule has 1 saturated carbocycles. The van der Waals surface area contributed by atoms with Gasteiger partial charge in [-0.25, -0.2) is 0 Å². The van der Waals surface area contributed by atoms with E-state index in [1.165, 1.54) is 25.7 Å². The maximum absolute atomic E-state index is 5.80. The minimum atomic E-state index is 0.441. The molecule has 0 unspecified atom stereocenters. The summed E-state index contributed by atoms with van der Waals surface area (Å²) in [5.41, 5.74) is 5.80. The third-order valence-electron chi connectivity index (χ3n) is 2.57. The van der Waals surface area contributed by atoms with E-state index in [1.807, 2.05) is 0 Å². The molecule has 0 radical (unpaired) electrons. The van der Waals surface area contributed by atoms with Crippen molar-refractivity contribution in [1.82, 2.24) is 0 Å². The average Bonchev–Trinajstić information content (AvgIpc) is 2.09. The first-order valence-electron chi connectivity index (χ1n) is 5.20. The maximum atomic E-state index is 5.80. The molecule has 0 aromatic rings. The second-order valence-electron chi connectivity index (χ2n) is 3.76. The molecule has 1 aliphatic rings. The van der Waals surface area contributed by atoms with Crippen LogP contribution in [0.15, 0.2) is 0 Å². The van der Waals surface area contributed by atoms with Crippen molar-refractivity contribution in [1.29, 1.82) is 0 Å². The summed E-state index contributed by atoms with van der Waals surface area (Å²) in [5, 5.41) is 0. The molecule has 0 aromatic carbocycles. The molecule has 0 aromatic heterocycles. The van der Waals surface area contributed by atoms with Crippen molar-refractivity contribution in [2.24, 2.45) is 5.73 Å². The van der Waals surface area contributed by atoms with Gasteiger partial charge in [-0.2, -0.15) is 0 Å². The number of hydrogen-bond donors (Lipinski definition) is 1. The average molecular weight is 171 g/mol. The van der Waals surface area contributed by atoms with E-state index < -0.39 is 0 Å². The summed E-state index contributed by atoms with van der Waals surface area (Å²) in [6, 6.07) is 0.441. The number of unbranched alkanes of at least 4 members (excludes halogenated alkanes) is 1. The molecule has 0 saturated heterocycles. The molecule has 0 heterocycles. The summed E-state index contributed by atoms with van der Waals surface area (Å²) in [5.74, 6) is 0. The van der Waals surface area contributed by atoms with Gasteiger partial charge in [-0.05, 0) is 32.1 Å². The maximum Gasteiger partial charge on any atom is 0.0576 e. The fourth-order valence-electron chi connectivity index (χ4n) is 1.65. The molecule has 0 bridgehead atoms. The third kappa shape index (κ3) is 3.55. The Kier molecular flexibility index (Phi) is 4.62. The zero-order valence-electron chi connectivity index (χ0n) is 8.09. The summed E-state index contributed by atoms with van der Waals surface area (Å²) in [7, 11) is 0. The van der Waals surface area contributed by atoms with Crippen molar-refractivity contribution < 1.29 is 4.74 Å². The first-order valence-corrected chi connectivity index (χ1v) is 5.20. The van der Waals surface area contributed by atoms with Crippen LogP contribution in [0, 0.1) is 0 Å². The lowest BCUT2D eigenvalue weighted by molar-refractivity contribution is 0.0237. The molecule has 12 heavy (non-hydrogen) atoms. The lowest BCUT2D eigenvalue weighted by atomic mass is 9.94. The minimum absolute atomic E-state index is 0.441. The molecule has 72 valence electrons. The van der Waals surface area contributed by atoms with Crippen molar-refractivity contribution in [3.05, 3.63) is 0 Å². The molecule has 2 nitrogen and oxygen atoms in total. The molecule has 0 atom stereocenters. The van der Waals surface area contributed by atoms with Crippen LogP contribution in [0.25, 0.3) is 0 Å². The first-order chi connectivity index (χ1) is 5.83. The zero-order chi connectivity index (χ0) is 8.81. The lowest BCUT2D eigenvalue weighted by Gasteiger charge is -2.26. The monoisotopic (exact) mass is 171 g/mol. The molecule has 2 heteroatoms. The minimum Gasteiger partial charge on any atom is -0.378 e. The zero-order valence-corrected chi connectivity index (χ0v) is 8.09. The normalized spacial score (nSPS) is 30.5.